The van der Waals surface area contributed by atoms with E-state index in [2.05, 4.69) is 5.32 Å². The van der Waals surface area contributed by atoms with Gasteiger partial charge in [-0.25, -0.2) is 8.42 Å². The highest BCUT2D eigenvalue weighted by Gasteiger charge is 2.34. The minimum Gasteiger partial charge on any atom is -0.455 e. The van der Waals surface area contributed by atoms with Crippen LogP contribution in [0.5, 0.6) is 11.5 Å². The Hall–Kier alpha value is -2.68. The fraction of sp³-hybridized carbons (Fsp3) is 0.227. The van der Waals surface area contributed by atoms with Crippen molar-refractivity contribution in [2.24, 2.45) is 5.92 Å². The smallest absolute Gasteiger partial charge is 0.252 e. The van der Waals surface area contributed by atoms with Crippen molar-refractivity contribution < 1.29 is 17.9 Å². The molecule has 1 aliphatic heterocycles. The van der Waals surface area contributed by atoms with Crippen LogP contribution in [0.15, 0.2) is 76.3 Å². The second-order valence-corrected chi connectivity index (χ2v) is 10.1. The Morgan fingerprint density at radius 1 is 1.03 bits per heavy atom. The predicted octanol–water partition coefficient (Wildman–Crippen LogP) is 4.58. The molecule has 1 atom stereocenters. The van der Waals surface area contributed by atoms with E-state index in [1.54, 1.807) is 29.6 Å². The molecule has 0 radical (unpaired) electrons. The monoisotopic (exact) mass is 442 g/mol. The topological polar surface area (TPSA) is 75.7 Å². The molecule has 156 valence electrons. The van der Waals surface area contributed by atoms with Gasteiger partial charge in [0.15, 0.2) is 5.75 Å². The molecule has 1 N–H and O–H groups in total. The number of rotatable bonds is 6. The molecular weight excluding hydrogens is 420 g/mol. The van der Waals surface area contributed by atoms with Crippen molar-refractivity contribution in [2.45, 2.75) is 17.1 Å². The summed E-state index contributed by atoms with van der Waals surface area (Å²) in [7, 11) is -3.56. The first-order chi connectivity index (χ1) is 14.5. The maximum absolute atomic E-state index is 12.9. The van der Waals surface area contributed by atoms with Gasteiger partial charge in [0.1, 0.15) is 9.96 Å². The van der Waals surface area contributed by atoms with Crippen LogP contribution in [0.4, 0.5) is 5.69 Å². The minimum atomic E-state index is -3.56. The van der Waals surface area contributed by atoms with E-state index in [1.165, 1.54) is 15.6 Å². The summed E-state index contributed by atoms with van der Waals surface area (Å²) < 4.78 is 33.3. The summed E-state index contributed by atoms with van der Waals surface area (Å²) in [5.41, 5.74) is 0.560. The van der Waals surface area contributed by atoms with Gasteiger partial charge in [0, 0.05) is 13.1 Å². The summed E-state index contributed by atoms with van der Waals surface area (Å²) in [4.78, 5) is 12.9. The number of amides is 1. The first-order valence-corrected chi connectivity index (χ1v) is 12.0. The van der Waals surface area contributed by atoms with Gasteiger partial charge in [-0.05, 0) is 48.6 Å². The van der Waals surface area contributed by atoms with Gasteiger partial charge in [0.2, 0.25) is 5.91 Å². The fourth-order valence-corrected chi connectivity index (χ4v) is 6.09. The maximum Gasteiger partial charge on any atom is 0.252 e. The zero-order valence-electron chi connectivity index (χ0n) is 16.2. The quantitative estimate of drug-likeness (QED) is 0.606. The lowest BCUT2D eigenvalue weighted by atomic mass is 9.98. The summed E-state index contributed by atoms with van der Waals surface area (Å²) in [6.07, 6.45) is 1.29. The van der Waals surface area contributed by atoms with Crippen molar-refractivity contribution in [1.82, 2.24) is 4.31 Å². The molecule has 1 aliphatic rings. The predicted molar refractivity (Wildman–Crippen MR) is 117 cm³/mol. The van der Waals surface area contributed by atoms with Gasteiger partial charge in [-0.15, -0.1) is 11.3 Å². The van der Waals surface area contributed by atoms with Gasteiger partial charge in [-0.3, -0.25) is 4.79 Å². The molecule has 0 aliphatic carbocycles. The molecular formula is C22H22N2O4S2. The maximum atomic E-state index is 12.9. The third kappa shape index (κ3) is 4.56. The van der Waals surface area contributed by atoms with E-state index in [9.17, 15) is 13.2 Å². The third-order valence-corrected chi connectivity index (χ3v) is 8.20. The zero-order chi connectivity index (χ0) is 21.0. The Morgan fingerprint density at radius 3 is 2.57 bits per heavy atom. The normalized spacial score (nSPS) is 17.4. The molecule has 30 heavy (non-hydrogen) atoms. The molecule has 1 fully saturated rings. The molecule has 3 aromatic rings. The van der Waals surface area contributed by atoms with E-state index in [0.717, 1.165) is 0 Å². The molecule has 0 saturated carbocycles. The van der Waals surface area contributed by atoms with Crippen LogP contribution in [0.2, 0.25) is 0 Å². The highest BCUT2D eigenvalue weighted by Crippen LogP contribution is 2.31. The Balaban J connectivity index is 1.47. The molecule has 2 heterocycles. The average molecular weight is 443 g/mol. The van der Waals surface area contributed by atoms with Crippen LogP contribution < -0.4 is 10.1 Å². The molecule has 0 spiro atoms. The lowest BCUT2D eigenvalue weighted by Gasteiger charge is -2.30. The van der Waals surface area contributed by atoms with E-state index in [4.69, 9.17) is 4.74 Å². The van der Waals surface area contributed by atoms with Crippen LogP contribution in [0, 0.1) is 5.92 Å². The highest BCUT2D eigenvalue weighted by molar-refractivity contribution is 7.91. The number of ether oxygens (including phenoxy) is 1. The minimum absolute atomic E-state index is 0.174. The lowest BCUT2D eigenvalue weighted by Crippen LogP contribution is -2.43. The second kappa shape index (κ2) is 8.99. The van der Waals surface area contributed by atoms with Crippen molar-refractivity contribution in [3.8, 4) is 11.5 Å². The number of benzene rings is 2. The molecule has 0 bridgehead atoms. The number of carbonyl (C=O) groups is 1. The number of piperidine rings is 1. The molecule has 2 aromatic carbocycles. The third-order valence-electron chi connectivity index (χ3n) is 4.96. The van der Waals surface area contributed by atoms with Crippen molar-refractivity contribution in [2.75, 3.05) is 18.4 Å². The lowest BCUT2D eigenvalue weighted by molar-refractivity contribution is -0.120. The fourth-order valence-electron chi connectivity index (χ4n) is 3.42. The number of sulfonamides is 1. The summed E-state index contributed by atoms with van der Waals surface area (Å²) in [6.45, 7) is 0.603. The molecule has 4 rings (SSSR count). The van der Waals surface area contributed by atoms with E-state index in [1.807, 2.05) is 42.5 Å². The summed E-state index contributed by atoms with van der Waals surface area (Å²) in [6, 6.07) is 19.9. The van der Waals surface area contributed by atoms with Gasteiger partial charge in [-0.2, -0.15) is 4.31 Å². The zero-order valence-corrected chi connectivity index (χ0v) is 17.9. The standard InChI is InChI=1S/C22H22N2O4S2/c25-22(17-8-6-14-24(16-17)30(26,27)21-13-7-15-29-21)23-19-11-4-5-12-20(19)28-18-9-2-1-3-10-18/h1-5,7,9-13,15,17H,6,8,14,16H2,(H,23,25)/t17-/m0/s1. The van der Waals surface area contributed by atoms with Crippen LogP contribution in [0.3, 0.4) is 0 Å². The number of nitrogens with one attached hydrogen (secondary N) is 1. The number of nitrogens with zero attached hydrogens (tertiary/aromatic N) is 1. The van der Waals surface area contributed by atoms with E-state index < -0.39 is 15.9 Å². The molecule has 1 saturated heterocycles. The van der Waals surface area contributed by atoms with E-state index >= 15 is 0 Å². The number of hydrogen-bond donors (Lipinski definition) is 1. The van der Waals surface area contributed by atoms with Crippen LogP contribution in [-0.2, 0) is 14.8 Å². The first-order valence-electron chi connectivity index (χ1n) is 9.70. The van der Waals surface area contributed by atoms with E-state index in [0.29, 0.717) is 40.8 Å². The van der Waals surface area contributed by atoms with Gasteiger partial charge in [-0.1, -0.05) is 36.4 Å². The molecule has 8 heteroatoms. The highest BCUT2D eigenvalue weighted by atomic mass is 32.2. The first kappa shape index (κ1) is 20.6. The van der Waals surface area contributed by atoms with Gasteiger partial charge >= 0.3 is 0 Å². The Kier molecular flexibility index (Phi) is 6.17. The number of thiophene rings is 1. The van der Waals surface area contributed by atoms with Gasteiger partial charge in [0.25, 0.3) is 10.0 Å². The van der Waals surface area contributed by atoms with Crippen LogP contribution in [-0.4, -0.2) is 31.7 Å². The SMILES string of the molecule is O=C(Nc1ccccc1Oc1ccccc1)[C@H]1CCCN(S(=O)(=O)c2cccs2)C1. The average Bonchev–Trinajstić information content (AvgIpc) is 3.32. The Morgan fingerprint density at radius 2 is 1.80 bits per heavy atom. The number of carbonyl (C=O) groups excluding carboxylic acids is 1. The van der Waals surface area contributed by atoms with Crippen LogP contribution in [0.1, 0.15) is 12.8 Å². The summed E-state index contributed by atoms with van der Waals surface area (Å²) in [5.74, 6) is 0.587. The molecule has 1 amide bonds. The summed E-state index contributed by atoms with van der Waals surface area (Å²) >= 11 is 1.19. The van der Waals surface area contributed by atoms with Crippen molar-refractivity contribution in [1.29, 1.82) is 0 Å². The summed E-state index contributed by atoms with van der Waals surface area (Å²) in [5, 5.41) is 4.67. The largest absolute Gasteiger partial charge is 0.455 e. The number of anilines is 1. The number of para-hydroxylation sites is 3. The number of hydrogen-bond acceptors (Lipinski definition) is 5. The second-order valence-electron chi connectivity index (χ2n) is 7.03. The molecule has 1 aromatic heterocycles. The molecule has 0 unspecified atom stereocenters. The van der Waals surface area contributed by atoms with Crippen molar-refractivity contribution >= 4 is 33.0 Å². The van der Waals surface area contributed by atoms with E-state index in [-0.39, 0.29) is 12.5 Å². The van der Waals surface area contributed by atoms with Gasteiger partial charge < -0.3 is 10.1 Å². The van der Waals surface area contributed by atoms with Crippen molar-refractivity contribution in [3.63, 3.8) is 0 Å². The molecule has 6 nitrogen and oxygen atoms in total. The van der Waals surface area contributed by atoms with Crippen LogP contribution >= 0.6 is 11.3 Å². The van der Waals surface area contributed by atoms with Crippen LogP contribution in [0.25, 0.3) is 0 Å². The Bertz CT molecular complexity index is 1100. The van der Waals surface area contributed by atoms with Gasteiger partial charge in [0.05, 0.1) is 11.6 Å². The van der Waals surface area contributed by atoms with Crippen molar-refractivity contribution in [3.05, 3.63) is 72.1 Å². The Labute approximate surface area is 180 Å².